The number of hydrogen-bond donors (Lipinski definition) is 0. The predicted molar refractivity (Wildman–Crippen MR) is 78.7 cm³/mol. The number of pyridine rings is 1. The first kappa shape index (κ1) is 13.0. The lowest BCUT2D eigenvalue weighted by Gasteiger charge is -2.36. The van der Waals surface area contributed by atoms with E-state index in [1.807, 2.05) is 4.90 Å². The highest BCUT2D eigenvalue weighted by atomic mass is 32.1. The second-order valence-corrected chi connectivity index (χ2v) is 6.67. The van der Waals surface area contributed by atoms with Crippen LogP contribution < -0.4 is 0 Å². The highest BCUT2D eigenvalue weighted by Crippen LogP contribution is 2.48. The minimum Gasteiger partial charge on any atom is -0.331 e. The first-order chi connectivity index (χ1) is 10.3. The third-order valence-electron chi connectivity index (χ3n) is 4.33. The number of carbonyl (C=O) groups is 1. The number of carbonyl (C=O) groups excluding carboxylic acids is 1. The molecule has 0 N–H and O–H groups in total. The number of nitrogens with zero attached hydrogens (tertiary/aromatic N) is 2. The second kappa shape index (κ2) is 4.91. The van der Waals surface area contributed by atoms with E-state index in [1.165, 1.54) is 22.7 Å². The smallest absolute Gasteiger partial charge is 0.259 e. The molecule has 1 aliphatic carbocycles. The Kier molecular flexibility index (Phi) is 3.03. The molecule has 1 aliphatic heterocycles. The number of aromatic nitrogens is 1. The van der Waals surface area contributed by atoms with Crippen LogP contribution in [0.5, 0.6) is 0 Å². The van der Waals surface area contributed by atoms with Crippen LogP contribution in [0.1, 0.15) is 39.7 Å². The maximum absolute atomic E-state index is 13.8. The zero-order valence-corrected chi connectivity index (χ0v) is 12.3. The fraction of sp³-hybridized carbons (Fsp3) is 0.375. The van der Waals surface area contributed by atoms with E-state index in [-0.39, 0.29) is 17.5 Å². The number of fused-ring (bicyclic) bond motifs is 1. The van der Waals surface area contributed by atoms with E-state index in [0.717, 1.165) is 19.3 Å². The summed E-state index contributed by atoms with van der Waals surface area (Å²) in [6.07, 6.45) is 4.54. The molecule has 1 atom stereocenters. The molecular weight excluding hydrogens is 287 g/mol. The van der Waals surface area contributed by atoms with Crippen LogP contribution in [0, 0.1) is 11.9 Å². The van der Waals surface area contributed by atoms with Gasteiger partial charge in [-0.15, -0.1) is 11.3 Å². The predicted octanol–water partition coefficient (Wildman–Crippen LogP) is 3.43. The molecule has 2 aliphatic rings. The quantitative estimate of drug-likeness (QED) is 0.796. The van der Waals surface area contributed by atoms with Crippen LogP contribution in [-0.4, -0.2) is 22.3 Å². The molecule has 5 heteroatoms. The summed E-state index contributed by atoms with van der Waals surface area (Å²) in [7, 11) is 0. The van der Waals surface area contributed by atoms with E-state index in [0.29, 0.717) is 12.5 Å². The summed E-state index contributed by atoms with van der Waals surface area (Å²) < 4.78 is 13.8. The van der Waals surface area contributed by atoms with Crippen molar-refractivity contribution in [2.24, 2.45) is 5.92 Å². The van der Waals surface area contributed by atoms with Crippen molar-refractivity contribution in [2.75, 3.05) is 6.54 Å². The van der Waals surface area contributed by atoms with Crippen molar-refractivity contribution in [3.8, 4) is 0 Å². The van der Waals surface area contributed by atoms with Crippen molar-refractivity contribution in [1.82, 2.24) is 9.88 Å². The van der Waals surface area contributed by atoms with Gasteiger partial charge >= 0.3 is 0 Å². The monoisotopic (exact) mass is 302 g/mol. The van der Waals surface area contributed by atoms with Gasteiger partial charge in [-0.25, -0.2) is 4.98 Å². The van der Waals surface area contributed by atoms with Crippen LogP contribution in [0.3, 0.4) is 0 Å². The zero-order chi connectivity index (χ0) is 14.4. The van der Waals surface area contributed by atoms with Crippen molar-refractivity contribution >= 4 is 17.2 Å². The summed E-state index contributed by atoms with van der Waals surface area (Å²) in [5, 5.41) is 2.10. The molecule has 1 unspecified atom stereocenters. The Balaban J connectivity index is 1.71. The lowest BCUT2D eigenvalue weighted by Crippen LogP contribution is -2.41. The lowest BCUT2D eigenvalue weighted by atomic mass is 9.95. The summed E-state index contributed by atoms with van der Waals surface area (Å²) in [5.41, 5.74) is 1.35. The molecule has 0 aromatic carbocycles. The maximum Gasteiger partial charge on any atom is 0.259 e. The normalized spacial score (nSPS) is 21.2. The molecule has 0 spiro atoms. The molecule has 3 nitrogen and oxygen atoms in total. The summed E-state index contributed by atoms with van der Waals surface area (Å²) in [6.45, 7) is 0.668. The summed E-state index contributed by atoms with van der Waals surface area (Å²) in [4.78, 5) is 19.6. The van der Waals surface area contributed by atoms with Gasteiger partial charge in [0.2, 0.25) is 5.95 Å². The molecule has 2 aromatic rings. The maximum atomic E-state index is 13.8. The van der Waals surface area contributed by atoms with E-state index in [2.05, 4.69) is 16.4 Å². The van der Waals surface area contributed by atoms with Gasteiger partial charge in [0.25, 0.3) is 5.91 Å². The van der Waals surface area contributed by atoms with E-state index in [4.69, 9.17) is 0 Å². The van der Waals surface area contributed by atoms with Crippen molar-refractivity contribution in [2.45, 2.75) is 25.3 Å². The van der Waals surface area contributed by atoms with Crippen LogP contribution in [0.25, 0.3) is 0 Å². The van der Waals surface area contributed by atoms with E-state index >= 15 is 0 Å². The van der Waals surface area contributed by atoms with Gasteiger partial charge in [-0.05, 0) is 54.3 Å². The molecule has 108 valence electrons. The van der Waals surface area contributed by atoms with Crippen molar-refractivity contribution in [3.05, 3.63) is 51.7 Å². The first-order valence-electron chi connectivity index (χ1n) is 7.23. The Morgan fingerprint density at radius 2 is 2.24 bits per heavy atom. The van der Waals surface area contributed by atoms with Crippen LogP contribution in [0.4, 0.5) is 4.39 Å². The molecule has 3 heterocycles. The number of thiophene rings is 1. The Bertz CT molecular complexity index is 695. The minimum absolute atomic E-state index is 0.0850. The van der Waals surface area contributed by atoms with Crippen LogP contribution in [0.2, 0.25) is 0 Å². The van der Waals surface area contributed by atoms with Gasteiger partial charge in [-0.3, -0.25) is 4.79 Å². The molecule has 1 saturated carbocycles. The first-order valence-corrected chi connectivity index (χ1v) is 8.11. The van der Waals surface area contributed by atoms with Gasteiger partial charge < -0.3 is 4.90 Å². The summed E-state index contributed by atoms with van der Waals surface area (Å²) in [6, 6.07) is 5.38. The molecule has 4 rings (SSSR count). The molecule has 1 amide bonds. The Morgan fingerprint density at radius 3 is 3.00 bits per heavy atom. The van der Waals surface area contributed by atoms with Crippen LogP contribution in [0.15, 0.2) is 29.8 Å². The molecule has 0 bridgehead atoms. The third kappa shape index (κ3) is 2.16. The fourth-order valence-electron chi connectivity index (χ4n) is 3.19. The molecule has 1 fully saturated rings. The minimum atomic E-state index is -0.673. The highest BCUT2D eigenvalue weighted by molar-refractivity contribution is 7.10. The Morgan fingerprint density at radius 1 is 1.38 bits per heavy atom. The van der Waals surface area contributed by atoms with Crippen LogP contribution in [-0.2, 0) is 6.42 Å². The second-order valence-electron chi connectivity index (χ2n) is 5.67. The molecule has 0 radical (unpaired) electrons. The number of rotatable bonds is 2. The topological polar surface area (TPSA) is 33.2 Å². The third-order valence-corrected chi connectivity index (χ3v) is 5.33. The van der Waals surface area contributed by atoms with Gasteiger partial charge in [0.15, 0.2) is 0 Å². The molecule has 0 saturated heterocycles. The summed E-state index contributed by atoms with van der Waals surface area (Å²) >= 11 is 1.76. The number of amides is 1. The van der Waals surface area contributed by atoms with E-state index in [9.17, 15) is 9.18 Å². The average Bonchev–Trinajstić information content (AvgIpc) is 3.22. The van der Waals surface area contributed by atoms with Crippen molar-refractivity contribution in [3.63, 3.8) is 0 Å². The SMILES string of the molecule is O=C(c1cccnc1F)N1CCc2sccc2C1C1CC1. The van der Waals surface area contributed by atoms with Crippen molar-refractivity contribution in [1.29, 1.82) is 0 Å². The Labute approximate surface area is 126 Å². The largest absolute Gasteiger partial charge is 0.331 e. The molecule has 21 heavy (non-hydrogen) atoms. The Hall–Kier alpha value is -1.75. The number of hydrogen-bond acceptors (Lipinski definition) is 3. The molecular formula is C16H15FN2OS. The van der Waals surface area contributed by atoms with Gasteiger partial charge in [0.05, 0.1) is 11.6 Å². The van der Waals surface area contributed by atoms with Gasteiger partial charge in [0, 0.05) is 17.6 Å². The molecule has 2 aromatic heterocycles. The van der Waals surface area contributed by atoms with Crippen molar-refractivity contribution < 1.29 is 9.18 Å². The van der Waals surface area contributed by atoms with Gasteiger partial charge in [-0.1, -0.05) is 0 Å². The highest BCUT2D eigenvalue weighted by Gasteiger charge is 2.42. The number of halogens is 1. The van der Waals surface area contributed by atoms with Gasteiger partial charge in [-0.2, -0.15) is 4.39 Å². The standard InChI is InChI=1S/C16H15FN2OS/c17-15-12(2-1-7-18-15)16(20)19-8-5-13-11(6-9-21-13)14(19)10-3-4-10/h1-2,6-7,9-10,14H,3-5,8H2. The summed E-state index contributed by atoms with van der Waals surface area (Å²) in [5.74, 6) is -0.371. The van der Waals surface area contributed by atoms with E-state index < -0.39 is 5.95 Å². The zero-order valence-electron chi connectivity index (χ0n) is 11.5. The van der Waals surface area contributed by atoms with Gasteiger partial charge in [0.1, 0.15) is 0 Å². The van der Waals surface area contributed by atoms with Crippen LogP contribution >= 0.6 is 11.3 Å². The average molecular weight is 302 g/mol. The van der Waals surface area contributed by atoms with E-state index in [1.54, 1.807) is 17.4 Å². The fourth-order valence-corrected chi connectivity index (χ4v) is 4.11. The lowest BCUT2D eigenvalue weighted by molar-refractivity contribution is 0.0631.